The van der Waals surface area contributed by atoms with E-state index in [9.17, 15) is 4.79 Å². The van der Waals surface area contributed by atoms with Gasteiger partial charge in [0.1, 0.15) is 5.75 Å². The van der Waals surface area contributed by atoms with E-state index in [-0.39, 0.29) is 5.91 Å². The van der Waals surface area contributed by atoms with Crippen LogP contribution in [0.5, 0.6) is 5.75 Å². The van der Waals surface area contributed by atoms with E-state index < -0.39 is 0 Å². The van der Waals surface area contributed by atoms with Crippen molar-refractivity contribution in [1.29, 1.82) is 0 Å². The maximum Gasteiger partial charge on any atom is 0.224 e. The number of aryl methyl sites for hydroxylation is 1. The van der Waals surface area contributed by atoms with Crippen molar-refractivity contribution >= 4 is 11.6 Å². The number of anilines is 1. The zero-order valence-electron chi connectivity index (χ0n) is 15.7. The van der Waals surface area contributed by atoms with Gasteiger partial charge in [0.25, 0.3) is 0 Å². The van der Waals surface area contributed by atoms with Gasteiger partial charge in [-0.2, -0.15) is 0 Å². The van der Waals surface area contributed by atoms with E-state index in [1.54, 1.807) is 0 Å². The summed E-state index contributed by atoms with van der Waals surface area (Å²) < 4.78 is 5.43. The lowest BCUT2D eigenvalue weighted by atomic mass is 10.1. The number of nitrogens with one attached hydrogen (secondary N) is 1. The molecule has 1 heterocycles. The van der Waals surface area contributed by atoms with E-state index in [0.717, 1.165) is 37.4 Å². The van der Waals surface area contributed by atoms with Gasteiger partial charge >= 0.3 is 0 Å². The molecular formula is C22H28N2O2. The molecule has 0 radical (unpaired) electrons. The Labute approximate surface area is 156 Å². The molecule has 1 fully saturated rings. The molecule has 1 N–H and O–H groups in total. The van der Waals surface area contributed by atoms with Gasteiger partial charge in [-0.3, -0.25) is 4.79 Å². The molecule has 1 aliphatic rings. The van der Waals surface area contributed by atoms with Crippen molar-refractivity contribution < 1.29 is 9.53 Å². The number of amides is 1. The van der Waals surface area contributed by atoms with Crippen LogP contribution in [-0.4, -0.2) is 32.1 Å². The predicted octanol–water partition coefficient (Wildman–Crippen LogP) is 3.58. The highest BCUT2D eigenvalue weighted by Crippen LogP contribution is 2.23. The Morgan fingerprint density at radius 1 is 1.15 bits per heavy atom. The zero-order valence-corrected chi connectivity index (χ0v) is 15.7. The monoisotopic (exact) mass is 352 g/mol. The van der Waals surface area contributed by atoms with Crippen molar-refractivity contribution in [3.05, 3.63) is 59.7 Å². The predicted molar refractivity (Wildman–Crippen MR) is 106 cm³/mol. The smallest absolute Gasteiger partial charge is 0.224 e. The molecule has 0 aliphatic carbocycles. The molecule has 1 aliphatic heterocycles. The van der Waals surface area contributed by atoms with Crippen molar-refractivity contribution in [2.24, 2.45) is 5.92 Å². The van der Waals surface area contributed by atoms with Crippen molar-refractivity contribution in [3.63, 3.8) is 0 Å². The average Bonchev–Trinajstić information content (AvgIpc) is 3.11. The molecule has 1 atom stereocenters. The van der Waals surface area contributed by atoms with Gasteiger partial charge in [-0.1, -0.05) is 29.8 Å². The number of benzene rings is 2. The van der Waals surface area contributed by atoms with Gasteiger partial charge in [-0.15, -0.1) is 0 Å². The molecule has 138 valence electrons. The SMILES string of the molecule is CCOc1ccc(CC(=O)NCC2CCN(c3ccc(C)cc3)C2)cc1. The zero-order chi connectivity index (χ0) is 18.4. The third-order valence-electron chi connectivity index (χ3n) is 4.87. The van der Waals surface area contributed by atoms with Gasteiger partial charge in [0.2, 0.25) is 5.91 Å². The van der Waals surface area contributed by atoms with Gasteiger partial charge in [0.05, 0.1) is 13.0 Å². The maximum absolute atomic E-state index is 12.2. The summed E-state index contributed by atoms with van der Waals surface area (Å²) in [5, 5.41) is 3.10. The third-order valence-corrected chi connectivity index (χ3v) is 4.87. The molecular weight excluding hydrogens is 324 g/mol. The second-order valence-corrected chi connectivity index (χ2v) is 6.99. The van der Waals surface area contributed by atoms with E-state index in [2.05, 4.69) is 41.4 Å². The van der Waals surface area contributed by atoms with Gasteiger partial charge < -0.3 is 15.0 Å². The minimum Gasteiger partial charge on any atom is -0.494 e. The van der Waals surface area contributed by atoms with Crippen molar-refractivity contribution in [3.8, 4) is 5.75 Å². The topological polar surface area (TPSA) is 41.6 Å². The summed E-state index contributed by atoms with van der Waals surface area (Å²) >= 11 is 0. The molecule has 2 aromatic rings. The lowest BCUT2D eigenvalue weighted by Gasteiger charge is -2.19. The first kappa shape index (κ1) is 18.3. The molecule has 1 amide bonds. The van der Waals surface area contributed by atoms with Crippen LogP contribution in [0.25, 0.3) is 0 Å². The van der Waals surface area contributed by atoms with Crippen LogP contribution in [-0.2, 0) is 11.2 Å². The second-order valence-electron chi connectivity index (χ2n) is 6.99. The molecule has 1 unspecified atom stereocenters. The minimum atomic E-state index is 0.0861. The van der Waals surface area contributed by atoms with Crippen molar-refractivity contribution in [2.75, 3.05) is 31.1 Å². The third kappa shape index (κ3) is 5.01. The number of hydrogen-bond donors (Lipinski definition) is 1. The molecule has 26 heavy (non-hydrogen) atoms. The molecule has 4 heteroatoms. The van der Waals surface area contributed by atoms with E-state index >= 15 is 0 Å². The number of carbonyl (C=O) groups is 1. The first-order valence-corrected chi connectivity index (χ1v) is 9.44. The van der Waals surface area contributed by atoms with Crippen LogP contribution in [0.2, 0.25) is 0 Å². The van der Waals surface area contributed by atoms with Gasteiger partial charge in [0, 0.05) is 25.3 Å². The molecule has 0 spiro atoms. The van der Waals surface area contributed by atoms with E-state index in [1.807, 2.05) is 31.2 Å². The summed E-state index contributed by atoms with van der Waals surface area (Å²) in [6.07, 6.45) is 1.54. The van der Waals surface area contributed by atoms with Crippen LogP contribution in [0.15, 0.2) is 48.5 Å². The Morgan fingerprint density at radius 2 is 1.88 bits per heavy atom. The summed E-state index contributed by atoms with van der Waals surface area (Å²) in [4.78, 5) is 14.6. The summed E-state index contributed by atoms with van der Waals surface area (Å²) in [6, 6.07) is 16.4. The molecule has 4 nitrogen and oxygen atoms in total. The Balaban J connectivity index is 1.42. The summed E-state index contributed by atoms with van der Waals surface area (Å²) in [5.41, 5.74) is 3.57. The van der Waals surface area contributed by atoms with Crippen LogP contribution < -0.4 is 15.0 Å². The number of hydrogen-bond acceptors (Lipinski definition) is 3. The normalized spacial score (nSPS) is 16.5. The molecule has 2 aromatic carbocycles. The highest BCUT2D eigenvalue weighted by molar-refractivity contribution is 5.78. The van der Waals surface area contributed by atoms with E-state index in [0.29, 0.717) is 18.9 Å². The van der Waals surface area contributed by atoms with Crippen molar-refractivity contribution in [2.45, 2.75) is 26.7 Å². The number of nitrogens with zero attached hydrogens (tertiary/aromatic N) is 1. The number of rotatable bonds is 7. The quantitative estimate of drug-likeness (QED) is 0.828. The number of ether oxygens (including phenoxy) is 1. The fourth-order valence-electron chi connectivity index (χ4n) is 3.37. The van der Waals surface area contributed by atoms with Crippen molar-refractivity contribution in [1.82, 2.24) is 5.32 Å². The largest absolute Gasteiger partial charge is 0.494 e. The molecule has 0 aromatic heterocycles. The van der Waals surface area contributed by atoms with Crippen LogP contribution in [0.1, 0.15) is 24.5 Å². The summed E-state index contributed by atoms with van der Waals surface area (Å²) in [5.74, 6) is 1.45. The Bertz CT molecular complexity index is 710. The number of carbonyl (C=O) groups excluding carboxylic acids is 1. The Kier molecular flexibility index (Phi) is 6.16. The Hall–Kier alpha value is -2.49. The summed E-state index contributed by atoms with van der Waals surface area (Å²) in [7, 11) is 0. The van der Waals surface area contributed by atoms with E-state index in [1.165, 1.54) is 11.3 Å². The van der Waals surface area contributed by atoms with Gasteiger partial charge in [0.15, 0.2) is 0 Å². The second kappa shape index (κ2) is 8.75. The molecule has 0 bridgehead atoms. The first-order valence-electron chi connectivity index (χ1n) is 9.44. The van der Waals surface area contributed by atoms with Crippen LogP contribution >= 0.6 is 0 Å². The highest BCUT2D eigenvalue weighted by Gasteiger charge is 2.23. The fraction of sp³-hybridized carbons (Fsp3) is 0.409. The fourth-order valence-corrected chi connectivity index (χ4v) is 3.37. The molecule has 3 rings (SSSR count). The van der Waals surface area contributed by atoms with Crippen LogP contribution in [0.4, 0.5) is 5.69 Å². The lowest BCUT2D eigenvalue weighted by Crippen LogP contribution is -2.32. The van der Waals surface area contributed by atoms with Gasteiger partial charge in [-0.25, -0.2) is 0 Å². The highest BCUT2D eigenvalue weighted by atomic mass is 16.5. The van der Waals surface area contributed by atoms with Crippen LogP contribution in [0.3, 0.4) is 0 Å². The van der Waals surface area contributed by atoms with Gasteiger partial charge in [-0.05, 0) is 56.0 Å². The maximum atomic E-state index is 12.2. The lowest BCUT2D eigenvalue weighted by molar-refractivity contribution is -0.120. The molecule has 0 saturated carbocycles. The average molecular weight is 352 g/mol. The standard InChI is InChI=1S/C22H28N2O2/c1-3-26-21-10-6-18(7-11-21)14-22(25)23-15-19-12-13-24(16-19)20-8-4-17(2)5-9-20/h4-11,19H,3,12-16H2,1-2H3,(H,23,25). The molecule has 1 saturated heterocycles. The Morgan fingerprint density at radius 3 is 2.58 bits per heavy atom. The van der Waals surface area contributed by atoms with E-state index in [4.69, 9.17) is 4.74 Å². The minimum absolute atomic E-state index is 0.0861. The first-order chi connectivity index (χ1) is 12.6. The summed E-state index contributed by atoms with van der Waals surface area (Å²) in [6.45, 7) is 7.54. The van der Waals surface area contributed by atoms with Crippen LogP contribution in [0, 0.1) is 12.8 Å².